The highest BCUT2D eigenvalue weighted by Gasteiger charge is 2.12. The zero-order valence-corrected chi connectivity index (χ0v) is 13.5. The summed E-state index contributed by atoms with van der Waals surface area (Å²) in [5.41, 5.74) is 3.63. The van der Waals surface area contributed by atoms with Crippen molar-refractivity contribution in [1.82, 2.24) is 4.98 Å². The van der Waals surface area contributed by atoms with Crippen LogP contribution >= 0.6 is 11.3 Å². The molecule has 0 aliphatic carbocycles. The van der Waals surface area contributed by atoms with E-state index in [4.69, 9.17) is 4.74 Å². The maximum absolute atomic E-state index is 13.4. The quantitative estimate of drug-likeness (QED) is 0.735. The van der Waals surface area contributed by atoms with E-state index >= 15 is 0 Å². The Bertz CT molecular complexity index is 923. The highest BCUT2D eigenvalue weighted by molar-refractivity contribution is 7.16. The molecule has 7 heteroatoms. The van der Waals surface area contributed by atoms with Gasteiger partial charge in [0.1, 0.15) is 5.82 Å². The highest BCUT2D eigenvalue weighted by atomic mass is 32.1. The van der Waals surface area contributed by atoms with Crippen molar-refractivity contribution in [2.45, 2.75) is 6.92 Å². The Morgan fingerprint density at radius 2 is 2.08 bits per heavy atom. The zero-order valence-electron chi connectivity index (χ0n) is 12.7. The van der Waals surface area contributed by atoms with Crippen LogP contribution in [0.4, 0.5) is 10.1 Å². The summed E-state index contributed by atoms with van der Waals surface area (Å²) in [5, 5.41) is 2.48. The van der Waals surface area contributed by atoms with Crippen LogP contribution < -0.4 is 5.32 Å². The van der Waals surface area contributed by atoms with Gasteiger partial charge in [0.25, 0.3) is 5.91 Å². The fraction of sp³-hybridized carbons (Fsp3) is 0.118. The Kier molecular flexibility index (Phi) is 4.52. The fourth-order valence-corrected chi connectivity index (χ4v) is 2.78. The topological polar surface area (TPSA) is 68.3 Å². The summed E-state index contributed by atoms with van der Waals surface area (Å²) in [5.74, 6) is -1.55. The number of carbonyl (C=O) groups is 2. The second-order valence-corrected chi connectivity index (χ2v) is 6.01. The molecule has 1 aromatic heterocycles. The number of hydrogen-bond acceptors (Lipinski definition) is 5. The number of anilines is 1. The van der Waals surface area contributed by atoms with Crippen LogP contribution in [-0.2, 0) is 9.53 Å². The third-order valence-electron chi connectivity index (χ3n) is 3.36. The van der Waals surface area contributed by atoms with Crippen molar-refractivity contribution >= 4 is 39.1 Å². The maximum atomic E-state index is 13.4. The first-order valence-corrected chi connectivity index (χ1v) is 7.97. The van der Waals surface area contributed by atoms with Crippen LogP contribution in [0.15, 0.2) is 41.9 Å². The number of rotatable bonds is 4. The molecule has 0 spiro atoms. The number of halogens is 1. The summed E-state index contributed by atoms with van der Waals surface area (Å²) >= 11 is 1.41. The van der Waals surface area contributed by atoms with Crippen molar-refractivity contribution in [3.63, 3.8) is 0 Å². The molecule has 1 amide bonds. The first-order chi connectivity index (χ1) is 11.5. The molecule has 0 unspecified atom stereocenters. The first kappa shape index (κ1) is 16.1. The van der Waals surface area contributed by atoms with Crippen LogP contribution in [0.1, 0.15) is 15.9 Å². The lowest BCUT2D eigenvalue weighted by Gasteiger charge is -2.07. The van der Waals surface area contributed by atoms with Gasteiger partial charge in [-0.05, 0) is 42.8 Å². The summed E-state index contributed by atoms with van der Waals surface area (Å²) in [6.07, 6.45) is 0. The molecule has 122 valence electrons. The average molecular weight is 344 g/mol. The number of thiazole rings is 1. The standard InChI is InChI=1S/C17H13FN2O3S/c1-10-2-4-12(7-13(10)18)20-16(21)8-23-17(22)11-3-5-14-15(6-11)24-9-19-14/h2-7,9H,8H2,1H3,(H,20,21). The van der Waals surface area contributed by atoms with E-state index in [1.807, 2.05) is 0 Å². The zero-order chi connectivity index (χ0) is 17.1. The number of amides is 1. The molecule has 0 aliphatic rings. The summed E-state index contributed by atoms with van der Waals surface area (Å²) < 4.78 is 19.3. The third-order valence-corrected chi connectivity index (χ3v) is 4.15. The summed E-state index contributed by atoms with van der Waals surface area (Å²) in [4.78, 5) is 27.9. The summed E-state index contributed by atoms with van der Waals surface area (Å²) in [7, 11) is 0. The number of hydrogen-bond donors (Lipinski definition) is 1. The van der Waals surface area contributed by atoms with Gasteiger partial charge in [-0.3, -0.25) is 4.79 Å². The number of benzene rings is 2. The minimum absolute atomic E-state index is 0.310. The minimum atomic E-state index is -0.601. The van der Waals surface area contributed by atoms with Gasteiger partial charge in [-0.25, -0.2) is 14.2 Å². The number of nitrogens with one attached hydrogen (secondary N) is 1. The molecule has 3 rings (SSSR count). The lowest BCUT2D eigenvalue weighted by Crippen LogP contribution is -2.21. The number of nitrogens with zero attached hydrogens (tertiary/aromatic N) is 1. The van der Waals surface area contributed by atoms with Crippen molar-refractivity contribution < 1.29 is 18.7 Å². The monoisotopic (exact) mass is 344 g/mol. The number of aromatic nitrogens is 1. The molecule has 1 N–H and O–H groups in total. The molecule has 0 saturated carbocycles. The molecular weight excluding hydrogens is 331 g/mol. The van der Waals surface area contributed by atoms with Crippen LogP contribution in [0.25, 0.3) is 10.2 Å². The number of esters is 1. The molecule has 1 heterocycles. The van der Waals surface area contributed by atoms with E-state index in [0.29, 0.717) is 16.8 Å². The Labute approximate surface area is 141 Å². The predicted octanol–water partition coefficient (Wildman–Crippen LogP) is 3.54. The SMILES string of the molecule is Cc1ccc(NC(=O)COC(=O)c2ccc3ncsc3c2)cc1F. The van der Waals surface area contributed by atoms with Crippen molar-refractivity contribution in [1.29, 1.82) is 0 Å². The lowest BCUT2D eigenvalue weighted by atomic mass is 10.2. The van der Waals surface area contributed by atoms with Crippen molar-refractivity contribution in [2.24, 2.45) is 0 Å². The first-order valence-electron chi connectivity index (χ1n) is 7.09. The molecule has 3 aromatic rings. The predicted molar refractivity (Wildman–Crippen MR) is 89.7 cm³/mol. The summed E-state index contributed by atoms with van der Waals surface area (Å²) in [6.45, 7) is 1.18. The molecule has 5 nitrogen and oxygen atoms in total. The van der Waals surface area contributed by atoms with E-state index in [1.165, 1.54) is 17.4 Å². The number of aryl methyl sites for hydroxylation is 1. The van der Waals surface area contributed by atoms with Crippen LogP contribution in [0.2, 0.25) is 0 Å². The van der Waals surface area contributed by atoms with Gasteiger partial charge in [-0.15, -0.1) is 11.3 Å². The number of ether oxygens (including phenoxy) is 1. The molecule has 0 fully saturated rings. The molecule has 0 radical (unpaired) electrons. The Morgan fingerprint density at radius 3 is 2.88 bits per heavy atom. The largest absolute Gasteiger partial charge is 0.452 e. The van der Waals surface area contributed by atoms with Gasteiger partial charge in [0.15, 0.2) is 6.61 Å². The summed E-state index contributed by atoms with van der Waals surface area (Å²) in [6, 6.07) is 9.33. The van der Waals surface area contributed by atoms with Crippen LogP contribution in [0.3, 0.4) is 0 Å². The molecule has 24 heavy (non-hydrogen) atoms. The molecule has 0 saturated heterocycles. The van der Waals surface area contributed by atoms with E-state index < -0.39 is 24.3 Å². The number of carbonyl (C=O) groups excluding carboxylic acids is 2. The third kappa shape index (κ3) is 3.57. The second kappa shape index (κ2) is 6.76. The maximum Gasteiger partial charge on any atom is 0.338 e. The van der Waals surface area contributed by atoms with Gasteiger partial charge in [-0.2, -0.15) is 0 Å². The molecule has 0 bridgehead atoms. The van der Waals surface area contributed by atoms with E-state index in [2.05, 4.69) is 10.3 Å². The van der Waals surface area contributed by atoms with E-state index in [0.717, 1.165) is 10.2 Å². The second-order valence-electron chi connectivity index (χ2n) is 5.12. The van der Waals surface area contributed by atoms with Crippen LogP contribution in [0.5, 0.6) is 0 Å². The fourth-order valence-electron chi connectivity index (χ4n) is 2.06. The Morgan fingerprint density at radius 1 is 1.25 bits per heavy atom. The van der Waals surface area contributed by atoms with Crippen molar-refractivity contribution in [3.05, 3.63) is 58.9 Å². The van der Waals surface area contributed by atoms with Gasteiger partial charge in [0.05, 0.1) is 21.3 Å². The van der Waals surface area contributed by atoms with Gasteiger partial charge in [-0.1, -0.05) is 6.07 Å². The Balaban J connectivity index is 1.58. The molecule has 2 aromatic carbocycles. The van der Waals surface area contributed by atoms with Crippen molar-refractivity contribution in [3.8, 4) is 0 Å². The van der Waals surface area contributed by atoms with E-state index in [9.17, 15) is 14.0 Å². The molecule has 0 atom stereocenters. The lowest BCUT2D eigenvalue weighted by molar-refractivity contribution is -0.119. The van der Waals surface area contributed by atoms with Crippen LogP contribution in [0, 0.1) is 12.7 Å². The Hall–Kier alpha value is -2.80. The van der Waals surface area contributed by atoms with E-state index in [-0.39, 0.29) is 0 Å². The van der Waals surface area contributed by atoms with Gasteiger partial charge < -0.3 is 10.1 Å². The normalized spacial score (nSPS) is 10.6. The minimum Gasteiger partial charge on any atom is -0.452 e. The van der Waals surface area contributed by atoms with Gasteiger partial charge in [0.2, 0.25) is 0 Å². The highest BCUT2D eigenvalue weighted by Crippen LogP contribution is 2.19. The number of fused-ring (bicyclic) bond motifs is 1. The smallest absolute Gasteiger partial charge is 0.338 e. The molecular formula is C17H13FN2O3S. The van der Waals surface area contributed by atoms with Gasteiger partial charge >= 0.3 is 5.97 Å². The average Bonchev–Trinajstić information content (AvgIpc) is 3.03. The van der Waals surface area contributed by atoms with Crippen LogP contribution in [-0.4, -0.2) is 23.5 Å². The van der Waals surface area contributed by atoms with E-state index in [1.54, 1.807) is 42.8 Å². The van der Waals surface area contributed by atoms with Gasteiger partial charge in [0, 0.05) is 5.69 Å². The molecule has 0 aliphatic heterocycles. The van der Waals surface area contributed by atoms with Crippen molar-refractivity contribution in [2.75, 3.05) is 11.9 Å².